The van der Waals surface area contributed by atoms with Gasteiger partial charge in [-0.3, -0.25) is 23.9 Å². The van der Waals surface area contributed by atoms with Gasteiger partial charge in [-0.15, -0.1) is 0 Å². The first-order valence-electron chi connectivity index (χ1n) is 12.1. The van der Waals surface area contributed by atoms with E-state index in [0.29, 0.717) is 53.1 Å². The minimum absolute atomic E-state index is 0.0983. The highest BCUT2D eigenvalue weighted by Gasteiger charge is 2.33. The maximum atomic E-state index is 13.2. The first-order valence-corrected chi connectivity index (χ1v) is 13.3. The number of piperidine rings is 1. The average molecular weight is 517 g/mol. The fraction of sp³-hybridized carbons (Fsp3) is 0.560. The Kier molecular flexibility index (Phi) is 9.14. The van der Waals surface area contributed by atoms with Crippen molar-refractivity contribution in [3.63, 3.8) is 0 Å². The van der Waals surface area contributed by atoms with Crippen LogP contribution in [-0.2, 0) is 16.1 Å². The lowest BCUT2D eigenvalue weighted by Crippen LogP contribution is -2.39. The first-order chi connectivity index (χ1) is 16.7. The minimum atomic E-state index is -0.821. The Hall–Kier alpha value is -2.64. The molecule has 1 aromatic heterocycles. The summed E-state index contributed by atoms with van der Waals surface area (Å²) in [6.07, 6.45) is 5.87. The van der Waals surface area contributed by atoms with Crippen LogP contribution in [0.25, 0.3) is 6.08 Å². The average Bonchev–Trinajstić information content (AvgIpc) is 3.08. The van der Waals surface area contributed by atoms with Gasteiger partial charge in [0.25, 0.3) is 11.5 Å². The molecule has 188 valence electrons. The number of unbranched alkanes of at least 4 members (excludes halogenated alkanes) is 2. The minimum Gasteiger partial charge on any atom is -0.481 e. The summed E-state index contributed by atoms with van der Waals surface area (Å²) >= 11 is 6.69. The van der Waals surface area contributed by atoms with Crippen LogP contribution >= 0.6 is 24.0 Å². The molecular formula is C25H32N4O4S2. The number of aromatic nitrogens is 1. The Morgan fingerprint density at radius 3 is 2.54 bits per heavy atom. The van der Waals surface area contributed by atoms with E-state index in [1.54, 1.807) is 22.5 Å². The van der Waals surface area contributed by atoms with Crippen molar-refractivity contribution >= 4 is 52.1 Å². The van der Waals surface area contributed by atoms with Gasteiger partial charge >= 0.3 is 5.97 Å². The zero-order chi connectivity index (χ0) is 25.7. The molecule has 0 saturated carbocycles. The fourth-order valence-electron chi connectivity index (χ4n) is 4.55. The Morgan fingerprint density at radius 1 is 1.26 bits per heavy atom. The predicted octanol–water partition coefficient (Wildman–Crippen LogP) is 4.13. The number of amides is 1. The SMILES string of the molecule is CCn1c(N2CCC(C)CC2)c(/C=C2/SC(=S)N(CCCCCC(=O)O)C2=O)c(C)c(C#N)c1=O. The maximum Gasteiger partial charge on any atom is 0.303 e. The number of thiocarbonyl (C=S) groups is 1. The lowest BCUT2D eigenvalue weighted by Gasteiger charge is -2.35. The lowest BCUT2D eigenvalue weighted by molar-refractivity contribution is -0.137. The Morgan fingerprint density at radius 2 is 1.94 bits per heavy atom. The summed E-state index contributed by atoms with van der Waals surface area (Å²) in [5.74, 6) is 0.365. The van der Waals surface area contributed by atoms with E-state index in [2.05, 4.69) is 17.9 Å². The maximum absolute atomic E-state index is 13.2. The Labute approximate surface area is 215 Å². The largest absolute Gasteiger partial charge is 0.481 e. The van der Waals surface area contributed by atoms with Crippen LogP contribution in [0.3, 0.4) is 0 Å². The normalized spacial score (nSPS) is 17.9. The Balaban J connectivity index is 1.96. The number of rotatable bonds is 9. The second-order valence-electron chi connectivity index (χ2n) is 9.11. The van der Waals surface area contributed by atoms with Gasteiger partial charge in [-0.25, -0.2) is 0 Å². The number of anilines is 1. The van der Waals surface area contributed by atoms with Gasteiger partial charge in [-0.05, 0) is 57.1 Å². The van der Waals surface area contributed by atoms with Gasteiger partial charge in [0.15, 0.2) is 0 Å². The molecule has 1 amide bonds. The number of carboxylic acids is 1. The molecule has 3 heterocycles. The zero-order valence-electron chi connectivity index (χ0n) is 20.5. The van der Waals surface area contributed by atoms with Gasteiger partial charge in [-0.1, -0.05) is 37.3 Å². The van der Waals surface area contributed by atoms with Crippen LogP contribution in [0.15, 0.2) is 9.70 Å². The number of aliphatic carboxylic acids is 1. The van der Waals surface area contributed by atoms with Gasteiger partial charge < -0.3 is 10.0 Å². The summed E-state index contributed by atoms with van der Waals surface area (Å²) in [4.78, 5) is 41.3. The van der Waals surface area contributed by atoms with Crippen molar-refractivity contribution < 1.29 is 14.7 Å². The number of carboxylic acid groups (broad SMARTS) is 1. The Bertz CT molecular complexity index is 1140. The molecular weight excluding hydrogens is 484 g/mol. The van der Waals surface area contributed by atoms with E-state index in [4.69, 9.17) is 17.3 Å². The molecule has 0 spiro atoms. The third-order valence-electron chi connectivity index (χ3n) is 6.67. The highest BCUT2D eigenvalue weighted by Crippen LogP contribution is 2.36. The van der Waals surface area contributed by atoms with Crippen LogP contribution in [0, 0.1) is 24.2 Å². The molecule has 2 saturated heterocycles. The fourth-order valence-corrected chi connectivity index (χ4v) is 5.84. The van der Waals surface area contributed by atoms with E-state index in [0.717, 1.165) is 37.3 Å². The summed E-state index contributed by atoms with van der Waals surface area (Å²) in [7, 11) is 0. The van der Waals surface area contributed by atoms with E-state index >= 15 is 0 Å². The number of carbonyl (C=O) groups excluding carboxylic acids is 1. The summed E-state index contributed by atoms with van der Waals surface area (Å²) in [5, 5.41) is 18.5. The number of carbonyl (C=O) groups is 2. The van der Waals surface area contributed by atoms with E-state index in [-0.39, 0.29) is 23.5 Å². The third kappa shape index (κ3) is 5.96. The molecule has 0 atom stereocenters. The van der Waals surface area contributed by atoms with Gasteiger partial charge in [0.05, 0.1) is 4.91 Å². The predicted molar refractivity (Wildman–Crippen MR) is 142 cm³/mol. The molecule has 3 rings (SSSR count). The quantitative estimate of drug-likeness (QED) is 0.297. The molecule has 2 aliphatic rings. The summed E-state index contributed by atoms with van der Waals surface area (Å²) < 4.78 is 2.12. The second-order valence-corrected chi connectivity index (χ2v) is 10.8. The monoisotopic (exact) mass is 516 g/mol. The summed E-state index contributed by atoms with van der Waals surface area (Å²) in [6, 6.07) is 2.07. The van der Waals surface area contributed by atoms with Crippen LogP contribution in [0.4, 0.5) is 5.82 Å². The van der Waals surface area contributed by atoms with Crippen LogP contribution in [0.1, 0.15) is 69.1 Å². The van der Waals surface area contributed by atoms with E-state index in [9.17, 15) is 19.6 Å². The molecule has 2 fully saturated rings. The van der Waals surface area contributed by atoms with E-state index in [1.165, 1.54) is 11.8 Å². The molecule has 8 nitrogen and oxygen atoms in total. The highest BCUT2D eigenvalue weighted by molar-refractivity contribution is 8.26. The highest BCUT2D eigenvalue weighted by atomic mass is 32.2. The standard InChI is InChI=1S/C25H32N4O4S2/c1-4-28-22(27-12-9-16(2)10-13-27)18(17(3)19(15-26)23(28)32)14-20-24(33)29(25(34)35-20)11-7-5-6-8-21(30)31/h14,16H,4-13H2,1-3H3,(H,30,31)/b20-14+. The van der Waals surface area contributed by atoms with Gasteiger partial charge in [0.2, 0.25) is 0 Å². The number of nitriles is 1. The van der Waals surface area contributed by atoms with Crippen molar-refractivity contribution in [3.05, 3.63) is 31.9 Å². The zero-order valence-corrected chi connectivity index (χ0v) is 22.1. The molecule has 10 heteroatoms. The molecule has 0 unspecified atom stereocenters. The molecule has 1 aromatic rings. The van der Waals surface area contributed by atoms with Crippen LogP contribution in [-0.4, -0.2) is 50.4 Å². The van der Waals surface area contributed by atoms with Crippen molar-refractivity contribution in [1.82, 2.24) is 9.47 Å². The second kappa shape index (κ2) is 11.9. The lowest BCUT2D eigenvalue weighted by atomic mass is 9.97. The number of nitrogens with zero attached hydrogens (tertiary/aromatic N) is 4. The topological polar surface area (TPSA) is 107 Å². The van der Waals surface area contributed by atoms with Crippen molar-refractivity contribution in [2.45, 2.75) is 65.8 Å². The molecule has 1 N–H and O–H groups in total. The number of pyridine rings is 1. The molecule has 0 radical (unpaired) electrons. The van der Waals surface area contributed by atoms with Gasteiger partial charge in [0.1, 0.15) is 21.8 Å². The van der Waals surface area contributed by atoms with Crippen molar-refractivity contribution in [3.8, 4) is 6.07 Å². The van der Waals surface area contributed by atoms with Crippen LogP contribution in [0.5, 0.6) is 0 Å². The van der Waals surface area contributed by atoms with Crippen molar-refractivity contribution in [1.29, 1.82) is 5.26 Å². The molecule has 2 aliphatic heterocycles. The van der Waals surface area contributed by atoms with Gasteiger partial charge in [-0.2, -0.15) is 5.26 Å². The van der Waals surface area contributed by atoms with Crippen LogP contribution in [0.2, 0.25) is 0 Å². The van der Waals surface area contributed by atoms with E-state index in [1.807, 2.05) is 6.92 Å². The number of hydrogen-bond acceptors (Lipinski definition) is 7. The van der Waals surface area contributed by atoms with Crippen LogP contribution < -0.4 is 10.5 Å². The molecule has 0 bridgehead atoms. The van der Waals surface area contributed by atoms with Gasteiger partial charge in [0, 0.05) is 38.2 Å². The number of hydrogen-bond donors (Lipinski definition) is 1. The third-order valence-corrected chi connectivity index (χ3v) is 8.04. The summed E-state index contributed by atoms with van der Waals surface area (Å²) in [5.41, 5.74) is 1.10. The van der Waals surface area contributed by atoms with E-state index < -0.39 is 5.97 Å². The smallest absolute Gasteiger partial charge is 0.303 e. The van der Waals surface area contributed by atoms with Crippen molar-refractivity contribution in [2.24, 2.45) is 5.92 Å². The molecule has 35 heavy (non-hydrogen) atoms. The van der Waals surface area contributed by atoms with Crippen molar-refractivity contribution in [2.75, 3.05) is 24.5 Å². The number of thioether (sulfide) groups is 1. The summed E-state index contributed by atoms with van der Waals surface area (Å²) in [6.45, 7) is 8.37. The molecule has 0 aromatic carbocycles. The first kappa shape index (κ1) is 27.0. The molecule has 0 aliphatic carbocycles.